The van der Waals surface area contributed by atoms with Crippen molar-refractivity contribution in [3.05, 3.63) is 60.3 Å². The van der Waals surface area contributed by atoms with E-state index < -0.39 is 0 Å². The van der Waals surface area contributed by atoms with E-state index >= 15 is 0 Å². The molecule has 0 spiro atoms. The SMILES string of the molecule is Cc1ccccc1Nc1nncc(Nc2ccc(N3CCC(C)CC3)cc2)n1. The van der Waals surface area contributed by atoms with Crippen molar-refractivity contribution in [2.45, 2.75) is 26.7 Å². The van der Waals surface area contributed by atoms with Gasteiger partial charge in [0.05, 0.1) is 6.20 Å². The maximum absolute atomic E-state index is 4.52. The minimum absolute atomic E-state index is 0.471. The van der Waals surface area contributed by atoms with E-state index in [1.807, 2.05) is 31.2 Å². The Kier molecular flexibility index (Phi) is 5.37. The summed E-state index contributed by atoms with van der Waals surface area (Å²) in [4.78, 5) is 6.98. The van der Waals surface area contributed by atoms with Crippen molar-refractivity contribution in [2.24, 2.45) is 5.92 Å². The van der Waals surface area contributed by atoms with Gasteiger partial charge >= 0.3 is 0 Å². The quantitative estimate of drug-likeness (QED) is 0.662. The first-order valence-electron chi connectivity index (χ1n) is 9.82. The summed E-state index contributed by atoms with van der Waals surface area (Å²) in [6.45, 7) is 6.65. The second kappa shape index (κ2) is 8.25. The molecule has 1 aliphatic heterocycles. The Balaban J connectivity index is 1.42. The number of nitrogens with zero attached hydrogens (tertiary/aromatic N) is 4. The second-order valence-corrected chi connectivity index (χ2v) is 7.45. The molecule has 6 nitrogen and oxygen atoms in total. The summed E-state index contributed by atoms with van der Waals surface area (Å²) in [7, 11) is 0. The molecule has 0 aliphatic carbocycles. The van der Waals surface area contributed by atoms with Crippen LogP contribution in [0, 0.1) is 12.8 Å². The van der Waals surface area contributed by atoms with Gasteiger partial charge in [-0.15, -0.1) is 5.10 Å². The van der Waals surface area contributed by atoms with Crippen molar-refractivity contribution in [3.63, 3.8) is 0 Å². The third kappa shape index (κ3) is 4.39. The van der Waals surface area contributed by atoms with Crippen LogP contribution < -0.4 is 15.5 Å². The van der Waals surface area contributed by atoms with Crippen LogP contribution in [0.15, 0.2) is 54.7 Å². The van der Waals surface area contributed by atoms with Gasteiger partial charge in [-0.05, 0) is 61.6 Å². The zero-order valence-electron chi connectivity index (χ0n) is 16.4. The zero-order chi connectivity index (χ0) is 19.3. The van der Waals surface area contributed by atoms with Gasteiger partial charge in [-0.25, -0.2) is 0 Å². The average Bonchev–Trinajstić information content (AvgIpc) is 2.71. The van der Waals surface area contributed by atoms with Crippen molar-refractivity contribution in [3.8, 4) is 0 Å². The van der Waals surface area contributed by atoms with Crippen LogP contribution in [0.25, 0.3) is 0 Å². The molecule has 0 saturated carbocycles. The summed E-state index contributed by atoms with van der Waals surface area (Å²) in [5.41, 5.74) is 4.37. The second-order valence-electron chi connectivity index (χ2n) is 7.45. The fraction of sp³-hybridized carbons (Fsp3) is 0.318. The van der Waals surface area contributed by atoms with E-state index in [4.69, 9.17) is 0 Å². The van der Waals surface area contributed by atoms with Gasteiger partial charge in [0.25, 0.3) is 0 Å². The first kappa shape index (κ1) is 18.2. The maximum Gasteiger partial charge on any atom is 0.249 e. The monoisotopic (exact) mass is 374 g/mol. The van der Waals surface area contributed by atoms with Gasteiger partial charge in [0.15, 0.2) is 5.82 Å². The first-order chi connectivity index (χ1) is 13.7. The van der Waals surface area contributed by atoms with E-state index in [9.17, 15) is 0 Å². The Morgan fingerprint density at radius 1 is 0.964 bits per heavy atom. The maximum atomic E-state index is 4.52. The minimum Gasteiger partial charge on any atom is -0.372 e. The molecular weight excluding hydrogens is 348 g/mol. The Hall–Kier alpha value is -3.15. The summed E-state index contributed by atoms with van der Waals surface area (Å²) in [5, 5.41) is 14.7. The highest BCUT2D eigenvalue weighted by Gasteiger charge is 2.15. The molecule has 2 N–H and O–H groups in total. The Bertz CT molecular complexity index is 916. The van der Waals surface area contributed by atoms with Crippen LogP contribution in [0.4, 0.5) is 28.8 Å². The van der Waals surface area contributed by atoms with Crippen LogP contribution in [0.5, 0.6) is 0 Å². The number of benzene rings is 2. The standard InChI is InChI=1S/C22H26N6/c1-16-11-13-28(14-12-16)19-9-7-18(8-10-19)24-21-15-23-27-22(26-21)25-20-6-4-3-5-17(20)2/h3-10,15-16H,11-14H2,1-2H3,(H2,24,25,26,27). The van der Waals surface area contributed by atoms with Crippen LogP contribution in [0.1, 0.15) is 25.3 Å². The molecule has 2 heterocycles. The summed E-state index contributed by atoms with van der Waals surface area (Å²) >= 11 is 0. The topological polar surface area (TPSA) is 66.0 Å². The van der Waals surface area contributed by atoms with Gasteiger partial charge in [-0.2, -0.15) is 10.1 Å². The van der Waals surface area contributed by atoms with E-state index in [1.165, 1.54) is 18.5 Å². The molecule has 0 atom stereocenters. The lowest BCUT2D eigenvalue weighted by Crippen LogP contribution is -2.32. The lowest BCUT2D eigenvalue weighted by atomic mass is 9.99. The van der Waals surface area contributed by atoms with E-state index in [-0.39, 0.29) is 0 Å². The van der Waals surface area contributed by atoms with Crippen LogP contribution in [0.3, 0.4) is 0 Å². The molecule has 0 bridgehead atoms. The largest absolute Gasteiger partial charge is 0.372 e. The number of aryl methyl sites for hydroxylation is 1. The molecule has 0 amide bonds. The fourth-order valence-corrected chi connectivity index (χ4v) is 3.42. The van der Waals surface area contributed by atoms with Gasteiger partial charge in [0.1, 0.15) is 0 Å². The molecular formula is C22H26N6. The smallest absolute Gasteiger partial charge is 0.249 e. The number of hydrogen-bond donors (Lipinski definition) is 2. The van der Waals surface area contributed by atoms with E-state index in [0.717, 1.165) is 35.9 Å². The fourth-order valence-electron chi connectivity index (χ4n) is 3.42. The summed E-state index contributed by atoms with van der Waals surface area (Å²) in [5.74, 6) is 1.97. The molecule has 1 saturated heterocycles. The molecule has 144 valence electrons. The van der Waals surface area contributed by atoms with Gasteiger partial charge in [0, 0.05) is 30.2 Å². The highest BCUT2D eigenvalue weighted by Crippen LogP contribution is 2.25. The van der Waals surface area contributed by atoms with Crippen LogP contribution in [-0.4, -0.2) is 28.3 Å². The molecule has 3 aromatic rings. The average molecular weight is 374 g/mol. The number of aromatic nitrogens is 3. The Morgan fingerprint density at radius 2 is 1.71 bits per heavy atom. The highest BCUT2D eigenvalue weighted by molar-refractivity contribution is 5.62. The lowest BCUT2D eigenvalue weighted by molar-refractivity contribution is 0.438. The van der Waals surface area contributed by atoms with Crippen LogP contribution in [-0.2, 0) is 0 Å². The lowest BCUT2D eigenvalue weighted by Gasteiger charge is -2.32. The van der Waals surface area contributed by atoms with Crippen molar-refractivity contribution in [2.75, 3.05) is 28.6 Å². The third-order valence-electron chi connectivity index (χ3n) is 5.24. The molecule has 28 heavy (non-hydrogen) atoms. The normalized spacial score (nSPS) is 14.7. The Morgan fingerprint density at radius 3 is 2.46 bits per heavy atom. The molecule has 1 aliphatic rings. The van der Waals surface area contributed by atoms with E-state index in [1.54, 1.807) is 6.20 Å². The molecule has 1 aromatic heterocycles. The first-order valence-corrected chi connectivity index (χ1v) is 9.82. The van der Waals surface area contributed by atoms with Crippen LogP contribution >= 0.6 is 0 Å². The van der Waals surface area contributed by atoms with Gasteiger partial charge in [0.2, 0.25) is 5.95 Å². The molecule has 2 aromatic carbocycles. The third-order valence-corrected chi connectivity index (χ3v) is 5.24. The number of hydrogen-bond acceptors (Lipinski definition) is 6. The number of rotatable bonds is 5. The molecule has 1 fully saturated rings. The summed E-state index contributed by atoms with van der Waals surface area (Å²) < 4.78 is 0. The zero-order valence-corrected chi connectivity index (χ0v) is 16.4. The van der Waals surface area contributed by atoms with Crippen molar-refractivity contribution in [1.29, 1.82) is 0 Å². The highest BCUT2D eigenvalue weighted by atomic mass is 15.3. The van der Waals surface area contributed by atoms with Crippen molar-refractivity contribution >= 4 is 28.8 Å². The number of nitrogens with one attached hydrogen (secondary N) is 2. The Labute approximate surface area is 166 Å². The van der Waals surface area contributed by atoms with Crippen LogP contribution in [0.2, 0.25) is 0 Å². The van der Waals surface area contributed by atoms with Gasteiger partial charge < -0.3 is 15.5 Å². The van der Waals surface area contributed by atoms with Gasteiger partial charge in [-0.3, -0.25) is 0 Å². The molecule has 6 heteroatoms. The van der Waals surface area contributed by atoms with E-state index in [0.29, 0.717) is 11.8 Å². The summed E-state index contributed by atoms with van der Waals surface area (Å²) in [6, 6.07) is 16.5. The predicted molar refractivity (Wildman–Crippen MR) is 115 cm³/mol. The number of para-hydroxylation sites is 1. The minimum atomic E-state index is 0.471. The van der Waals surface area contributed by atoms with E-state index in [2.05, 4.69) is 61.9 Å². The predicted octanol–water partition coefficient (Wildman–Crippen LogP) is 4.90. The summed E-state index contributed by atoms with van der Waals surface area (Å²) in [6.07, 6.45) is 4.16. The molecule has 0 unspecified atom stereocenters. The van der Waals surface area contributed by atoms with Crippen molar-refractivity contribution in [1.82, 2.24) is 15.2 Å². The number of piperidine rings is 1. The molecule has 4 rings (SSSR count). The molecule has 0 radical (unpaired) electrons. The van der Waals surface area contributed by atoms with Crippen molar-refractivity contribution < 1.29 is 0 Å². The number of anilines is 5. The van der Waals surface area contributed by atoms with Gasteiger partial charge in [-0.1, -0.05) is 25.1 Å².